The Kier molecular flexibility index (Phi) is 6.15. The summed E-state index contributed by atoms with van der Waals surface area (Å²) in [6.07, 6.45) is 0. The molecule has 1 N–H and O–H groups in total. The molecule has 0 bridgehead atoms. The summed E-state index contributed by atoms with van der Waals surface area (Å²) in [5.74, 6) is -0.369. The van der Waals surface area contributed by atoms with Crippen LogP contribution in [0.15, 0.2) is 53.0 Å². The van der Waals surface area contributed by atoms with Crippen molar-refractivity contribution in [2.45, 2.75) is 26.8 Å². The smallest absolute Gasteiger partial charge is 0.240 e. The molecule has 2 aromatic rings. The molecule has 24 heavy (non-hydrogen) atoms. The molecule has 2 rings (SSSR count). The van der Waals surface area contributed by atoms with E-state index in [4.69, 9.17) is 0 Å². The van der Waals surface area contributed by atoms with E-state index < -0.39 is 0 Å². The van der Waals surface area contributed by atoms with Crippen LogP contribution in [0.5, 0.6) is 0 Å². The standard InChI is InChI=1S/C19H21BrN2O2/c1-13-9-10-17(11-18(13)20)22(15(3)23)12-19(24)21-14(2)16-7-5-4-6-8-16/h4-11,14H,12H2,1-3H3,(H,21,24). The van der Waals surface area contributed by atoms with E-state index in [0.29, 0.717) is 5.69 Å². The molecule has 0 heterocycles. The van der Waals surface area contributed by atoms with E-state index in [-0.39, 0.29) is 24.4 Å². The molecule has 4 nitrogen and oxygen atoms in total. The molecule has 2 aromatic carbocycles. The lowest BCUT2D eigenvalue weighted by molar-refractivity contribution is -0.123. The van der Waals surface area contributed by atoms with Crippen molar-refractivity contribution in [3.8, 4) is 0 Å². The van der Waals surface area contributed by atoms with Crippen molar-refractivity contribution in [3.63, 3.8) is 0 Å². The number of aryl methyl sites for hydroxylation is 1. The van der Waals surface area contributed by atoms with Crippen molar-refractivity contribution in [2.75, 3.05) is 11.4 Å². The van der Waals surface area contributed by atoms with E-state index in [0.717, 1.165) is 15.6 Å². The Morgan fingerprint density at radius 3 is 2.42 bits per heavy atom. The van der Waals surface area contributed by atoms with Gasteiger partial charge in [-0.05, 0) is 37.1 Å². The van der Waals surface area contributed by atoms with Gasteiger partial charge in [0, 0.05) is 17.1 Å². The Morgan fingerprint density at radius 1 is 1.17 bits per heavy atom. The average molecular weight is 389 g/mol. The highest BCUT2D eigenvalue weighted by Crippen LogP contribution is 2.23. The zero-order valence-corrected chi connectivity index (χ0v) is 15.6. The normalized spacial score (nSPS) is 11.7. The summed E-state index contributed by atoms with van der Waals surface area (Å²) in [6, 6.07) is 15.2. The van der Waals surface area contributed by atoms with Gasteiger partial charge in [-0.2, -0.15) is 0 Å². The first-order valence-electron chi connectivity index (χ1n) is 7.77. The second-order valence-corrected chi connectivity index (χ2v) is 6.59. The van der Waals surface area contributed by atoms with E-state index in [2.05, 4.69) is 21.2 Å². The topological polar surface area (TPSA) is 49.4 Å². The van der Waals surface area contributed by atoms with Crippen molar-refractivity contribution in [2.24, 2.45) is 0 Å². The lowest BCUT2D eigenvalue weighted by atomic mass is 10.1. The van der Waals surface area contributed by atoms with Gasteiger partial charge in [0.15, 0.2) is 0 Å². The van der Waals surface area contributed by atoms with Crippen LogP contribution in [-0.2, 0) is 9.59 Å². The van der Waals surface area contributed by atoms with Gasteiger partial charge in [-0.3, -0.25) is 9.59 Å². The number of rotatable bonds is 5. The van der Waals surface area contributed by atoms with Crippen LogP contribution >= 0.6 is 15.9 Å². The summed E-state index contributed by atoms with van der Waals surface area (Å²) in [7, 11) is 0. The maximum atomic E-state index is 12.4. The fourth-order valence-corrected chi connectivity index (χ4v) is 2.76. The fraction of sp³-hybridized carbons (Fsp3) is 0.263. The number of carbonyl (C=O) groups is 2. The van der Waals surface area contributed by atoms with Crippen LogP contribution in [0.3, 0.4) is 0 Å². The molecule has 1 unspecified atom stereocenters. The highest BCUT2D eigenvalue weighted by atomic mass is 79.9. The molecule has 0 aliphatic heterocycles. The molecule has 0 saturated heterocycles. The Labute approximate surface area is 151 Å². The first-order valence-corrected chi connectivity index (χ1v) is 8.56. The average Bonchev–Trinajstić information content (AvgIpc) is 2.56. The number of hydrogen-bond donors (Lipinski definition) is 1. The SMILES string of the molecule is CC(=O)N(CC(=O)NC(C)c1ccccc1)c1ccc(C)c(Br)c1. The monoisotopic (exact) mass is 388 g/mol. The van der Waals surface area contributed by atoms with Crippen LogP contribution in [-0.4, -0.2) is 18.4 Å². The van der Waals surface area contributed by atoms with E-state index in [1.807, 2.05) is 62.4 Å². The number of amides is 2. The molecule has 5 heteroatoms. The number of hydrogen-bond acceptors (Lipinski definition) is 2. The second kappa shape index (κ2) is 8.11. The van der Waals surface area contributed by atoms with Gasteiger partial charge in [0.25, 0.3) is 0 Å². The van der Waals surface area contributed by atoms with Crippen LogP contribution in [0.1, 0.15) is 31.0 Å². The third-order valence-electron chi connectivity index (χ3n) is 3.83. The van der Waals surface area contributed by atoms with Gasteiger partial charge in [0.1, 0.15) is 6.54 Å². The van der Waals surface area contributed by atoms with Crippen LogP contribution in [0.25, 0.3) is 0 Å². The Morgan fingerprint density at radius 2 is 1.83 bits per heavy atom. The minimum absolute atomic E-state index is 0.0119. The molecule has 126 valence electrons. The summed E-state index contributed by atoms with van der Waals surface area (Å²) in [4.78, 5) is 25.8. The van der Waals surface area contributed by atoms with Crippen molar-refractivity contribution in [3.05, 3.63) is 64.1 Å². The summed E-state index contributed by atoms with van der Waals surface area (Å²) in [5.41, 5.74) is 2.80. The number of anilines is 1. The lowest BCUT2D eigenvalue weighted by Gasteiger charge is -2.23. The zero-order valence-electron chi connectivity index (χ0n) is 14.0. The Bertz CT molecular complexity index is 731. The number of carbonyl (C=O) groups excluding carboxylic acids is 2. The highest BCUT2D eigenvalue weighted by Gasteiger charge is 2.18. The van der Waals surface area contributed by atoms with E-state index >= 15 is 0 Å². The van der Waals surface area contributed by atoms with Gasteiger partial charge in [0.2, 0.25) is 11.8 Å². The number of nitrogens with zero attached hydrogens (tertiary/aromatic N) is 1. The van der Waals surface area contributed by atoms with Gasteiger partial charge < -0.3 is 10.2 Å². The van der Waals surface area contributed by atoms with Crippen molar-refractivity contribution in [1.82, 2.24) is 5.32 Å². The largest absolute Gasteiger partial charge is 0.348 e. The predicted molar refractivity (Wildman–Crippen MR) is 99.9 cm³/mol. The van der Waals surface area contributed by atoms with Crippen LogP contribution in [0, 0.1) is 6.92 Å². The number of benzene rings is 2. The molecule has 0 aliphatic carbocycles. The summed E-state index contributed by atoms with van der Waals surface area (Å²) >= 11 is 3.46. The minimum atomic E-state index is -0.196. The lowest BCUT2D eigenvalue weighted by Crippen LogP contribution is -2.40. The van der Waals surface area contributed by atoms with Crippen LogP contribution in [0.4, 0.5) is 5.69 Å². The third-order valence-corrected chi connectivity index (χ3v) is 4.68. The minimum Gasteiger partial charge on any atom is -0.348 e. The number of halogens is 1. The van der Waals surface area contributed by atoms with Gasteiger partial charge in [-0.1, -0.05) is 52.3 Å². The number of nitrogens with one attached hydrogen (secondary N) is 1. The van der Waals surface area contributed by atoms with E-state index in [1.54, 1.807) is 0 Å². The molecule has 0 fully saturated rings. The van der Waals surface area contributed by atoms with Crippen LogP contribution < -0.4 is 10.2 Å². The van der Waals surface area contributed by atoms with E-state index in [1.165, 1.54) is 11.8 Å². The maximum Gasteiger partial charge on any atom is 0.240 e. The third kappa shape index (κ3) is 4.68. The molecule has 0 aliphatic rings. The molecule has 1 atom stereocenters. The van der Waals surface area contributed by atoms with Gasteiger partial charge in [0.05, 0.1) is 6.04 Å². The summed E-state index contributed by atoms with van der Waals surface area (Å²) < 4.78 is 0.907. The fourth-order valence-electron chi connectivity index (χ4n) is 2.39. The Hall–Kier alpha value is -2.14. The van der Waals surface area contributed by atoms with Crippen molar-refractivity contribution in [1.29, 1.82) is 0 Å². The maximum absolute atomic E-state index is 12.4. The predicted octanol–water partition coefficient (Wildman–Crippen LogP) is 3.99. The molecule has 2 amide bonds. The van der Waals surface area contributed by atoms with E-state index in [9.17, 15) is 9.59 Å². The summed E-state index contributed by atoms with van der Waals surface area (Å²) in [5, 5.41) is 2.93. The molecular formula is C19H21BrN2O2. The Balaban J connectivity index is 2.08. The van der Waals surface area contributed by atoms with Gasteiger partial charge in [-0.25, -0.2) is 0 Å². The van der Waals surface area contributed by atoms with Crippen LogP contribution in [0.2, 0.25) is 0 Å². The first-order chi connectivity index (χ1) is 11.4. The molecule has 0 radical (unpaired) electrons. The van der Waals surface area contributed by atoms with Gasteiger partial charge in [-0.15, -0.1) is 0 Å². The molecule has 0 spiro atoms. The summed E-state index contributed by atoms with van der Waals surface area (Å²) in [6.45, 7) is 5.34. The van der Waals surface area contributed by atoms with Gasteiger partial charge >= 0.3 is 0 Å². The first kappa shape index (κ1) is 18.2. The quantitative estimate of drug-likeness (QED) is 0.841. The van der Waals surface area contributed by atoms with Crippen molar-refractivity contribution < 1.29 is 9.59 Å². The molecule has 0 saturated carbocycles. The van der Waals surface area contributed by atoms with Crippen molar-refractivity contribution >= 4 is 33.4 Å². The second-order valence-electron chi connectivity index (χ2n) is 5.74. The molecule has 0 aromatic heterocycles. The molecular weight excluding hydrogens is 368 g/mol. The zero-order chi connectivity index (χ0) is 17.7. The highest BCUT2D eigenvalue weighted by molar-refractivity contribution is 9.10.